The zero-order valence-electron chi connectivity index (χ0n) is 10.7. The molecule has 0 saturated heterocycles. The number of alkyl halides is 1. The quantitative estimate of drug-likeness (QED) is 0.582. The van der Waals surface area contributed by atoms with Crippen molar-refractivity contribution in [3.05, 3.63) is 29.0 Å². The first-order valence-corrected chi connectivity index (χ1v) is 6.95. The molecule has 0 aliphatic heterocycles. The molecule has 0 fully saturated rings. The molecule has 1 aromatic carbocycles. The van der Waals surface area contributed by atoms with Crippen molar-refractivity contribution >= 4 is 34.2 Å². The van der Waals surface area contributed by atoms with Crippen molar-refractivity contribution < 1.29 is 9.47 Å². The second kappa shape index (κ2) is 7.10. The lowest BCUT2D eigenvalue weighted by Crippen LogP contribution is -2.11. The van der Waals surface area contributed by atoms with Crippen molar-refractivity contribution in [2.45, 2.75) is 12.4 Å². The van der Waals surface area contributed by atoms with Crippen molar-refractivity contribution in [3.63, 3.8) is 0 Å². The summed E-state index contributed by atoms with van der Waals surface area (Å²) in [5.41, 5.74) is 1.88. The van der Waals surface area contributed by atoms with Crippen molar-refractivity contribution in [2.75, 3.05) is 26.9 Å². The highest BCUT2D eigenvalue weighted by molar-refractivity contribution is 6.31. The monoisotopic (exact) mass is 302 g/mol. The Bertz CT molecular complexity index is 543. The molecule has 0 bridgehead atoms. The van der Waals surface area contributed by atoms with Gasteiger partial charge in [-0.05, 0) is 18.2 Å². The van der Waals surface area contributed by atoms with Gasteiger partial charge in [0.2, 0.25) is 0 Å². The number of hydrogen-bond donors (Lipinski definition) is 0. The van der Waals surface area contributed by atoms with E-state index in [1.54, 1.807) is 7.11 Å². The number of ether oxygens (including phenoxy) is 2. The summed E-state index contributed by atoms with van der Waals surface area (Å²) in [5.74, 6) is 1.19. The van der Waals surface area contributed by atoms with Crippen LogP contribution in [0.15, 0.2) is 18.2 Å². The Morgan fingerprint density at radius 2 is 2.11 bits per heavy atom. The molecule has 0 unspecified atom stereocenters. The van der Waals surface area contributed by atoms with E-state index in [9.17, 15) is 0 Å². The maximum absolute atomic E-state index is 6.02. The fraction of sp³-hybridized carbons (Fsp3) is 0.462. The highest BCUT2D eigenvalue weighted by atomic mass is 35.5. The minimum Gasteiger partial charge on any atom is -0.382 e. The smallest absolute Gasteiger partial charge is 0.124 e. The number of imidazole rings is 1. The molecular formula is C13H16Cl2N2O2. The van der Waals surface area contributed by atoms with Gasteiger partial charge in [0.25, 0.3) is 0 Å². The van der Waals surface area contributed by atoms with Crippen LogP contribution in [0.25, 0.3) is 11.0 Å². The maximum Gasteiger partial charge on any atom is 0.124 e. The molecule has 0 spiro atoms. The molecule has 6 heteroatoms. The van der Waals surface area contributed by atoms with Crippen LogP contribution < -0.4 is 0 Å². The second-order valence-corrected chi connectivity index (χ2v) is 4.76. The third-order valence-electron chi connectivity index (χ3n) is 2.80. The van der Waals surface area contributed by atoms with Gasteiger partial charge in [-0.2, -0.15) is 0 Å². The van der Waals surface area contributed by atoms with Crippen LogP contribution in [0.3, 0.4) is 0 Å². The van der Waals surface area contributed by atoms with Gasteiger partial charge in [0.05, 0.1) is 36.7 Å². The van der Waals surface area contributed by atoms with Crippen LogP contribution in [0, 0.1) is 0 Å². The fourth-order valence-corrected chi connectivity index (χ4v) is 2.27. The van der Waals surface area contributed by atoms with Gasteiger partial charge in [0, 0.05) is 18.7 Å². The van der Waals surface area contributed by atoms with Gasteiger partial charge in [-0.15, -0.1) is 11.6 Å². The number of hydrogen-bond acceptors (Lipinski definition) is 3. The topological polar surface area (TPSA) is 36.3 Å². The van der Waals surface area contributed by atoms with Gasteiger partial charge >= 0.3 is 0 Å². The lowest BCUT2D eigenvalue weighted by molar-refractivity contribution is 0.0667. The van der Waals surface area contributed by atoms with Gasteiger partial charge in [0.1, 0.15) is 5.82 Å². The normalized spacial score (nSPS) is 11.3. The van der Waals surface area contributed by atoms with Crippen molar-refractivity contribution in [3.8, 4) is 0 Å². The van der Waals surface area contributed by atoms with Crippen LogP contribution in [0.1, 0.15) is 5.82 Å². The number of rotatable bonds is 7. The largest absolute Gasteiger partial charge is 0.382 e. The van der Waals surface area contributed by atoms with Gasteiger partial charge in [-0.3, -0.25) is 0 Å². The van der Waals surface area contributed by atoms with Crippen LogP contribution in [0.4, 0.5) is 0 Å². The van der Waals surface area contributed by atoms with E-state index in [0.717, 1.165) is 16.9 Å². The Balaban J connectivity index is 2.13. The first kappa shape index (κ1) is 14.6. The van der Waals surface area contributed by atoms with E-state index in [-0.39, 0.29) is 0 Å². The van der Waals surface area contributed by atoms with Gasteiger partial charge < -0.3 is 14.0 Å². The van der Waals surface area contributed by atoms with Gasteiger partial charge in [-0.1, -0.05) is 11.6 Å². The molecule has 2 rings (SSSR count). The number of fused-ring (bicyclic) bond motifs is 1. The predicted octanol–water partition coefficient (Wildman–Crippen LogP) is 3.09. The molecule has 2 aromatic rings. The summed E-state index contributed by atoms with van der Waals surface area (Å²) in [6.45, 7) is 2.47. The molecule has 0 radical (unpaired) electrons. The molecule has 0 N–H and O–H groups in total. The molecule has 1 aromatic heterocycles. The van der Waals surface area contributed by atoms with E-state index < -0.39 is 0 Å². The minimum atomic E-state index is 0.365. The summed E-state index contributed by atoms with van der Waals surface area (Å²) >= 11 is 12.0. The molecule has 0 amide bonds. The Kier molecular flexibility index (Phi) is 5.45. The van der Waals surface area contributed by atoms with Crippen molar-refractivity contribution in [2.24, 2.45) is 0 Å². The van der Waals surface area contributed by atoms with Crippen LogP contribution in [-0.2, 0) is 21.9 Å². The molecule has 19 heavy (non-hydrogen) atoms. The first-order valence-electron chi connectivity index (χ1n) is 6.03. The zero-order chi connectivity index (χ0) is 13.7. The Hall–Kier alpha value is -0.810. The maximum atomic E-state index is 6.02. The van der Waals surface area contributed by atoms with E-state index in [4.69, 9.17) is 32.7 Å². The van der Waals surface area contributed by atoms with Crippen LogP contribution in [0.5, 0.6) is 0 Å². The summed E-state index contributed by atoms with van der Waals surface area (Å²) in [4.78, 5) is 4.48. The third kappa shape index (κ3) is 3.60. The zero-order valence-corrected chi connectivity index (χ0v) is 12.2. The standard InChI is InChI=1S/C13H16Cl2N2O2/c1-18-6-7-19-5-4-17-12-8-10(15)2-3-11(12)16-13(17)9-14/h2-3,8H,4-7,9H2,1H3. The van der Waals surface area contributed by atoms with Crippen molar-refractivity contribution in [1.29, 1.82) is 0 Å². The number of methoxy groups -OCH3 is 1. The number of halogens is 2. The van der Waals surface area contributed by atoms with E-state index in [1.807, 2.05) is 22.8 Å². The molecule has 104 valence electrons. The number of benzene rings is 1. The first-order chi connectivity index (χ1) is 9.26. The summed E-state index contributed by atoms with van der Waals surface area (Å²) in [7, 11) is 1.65. The van der Waals surface area contributed by atoms with Crippen LogP contribution >= 0.6 is 23.2 Å². The lowest BCUT2D eigenvalue weighted by Gasteiger charge is -2.08. The molecule has 0 aliphatic rings. The molecule has 0 aliphatic carbocycles. The third-order valence-corrected chi connectivity index (χ3v) is 3.27. The summed E-state index contributed by atoms with van der Waals surface area (Å²) < 4.78 is 12.4. The average Bonchev–Trinajstić information content (AvgIpc) is 2.76. The van der Waals surface area contributed by atoms with E-state index >= 15 is 0 Å². The SMILES string of the molecule is COCCOCCn1c(CCl)nc2ccc(Cl)cc21. The summed E-state index contributed by atoms with van der Waals surface area (Å²) in [6.07, 6.45) is 0. The Morgan fingerprint density at radius 3 is 2.84 bits per heavy atom. The van der Waals surface area contributed by atoms with Crippen LogP contribution in [-0.4, -0.2) is 36.5 Å². The van der Waals surface area contributed by atoms with E-state index in [0.29, 0.717) is 37.3 Å². The van der Waals surface area contributed by atoms with Crippen LogP contribution in [0.2, 0.25) is 5.02 Å². The van der Waals surface area contributed by atoms with E-state index in [2.05, 4.69) is 4.98 Å². The summed E-state index contributed by atoms with van der Waals surface area (Å²) in [5, 5.41) is 0.690. The number of nitrogens with zero attached hydrogens (tertiary/aromatic N) is 2. The average molecular weight is 303 g/mol. The van der Waals surface area contributed by atoms with E-state index in [1.165, 1.54) is 0 Å². The summed E-state index contributed by atoms with van der Waals surface area (Å²) in [6, 6.07) is 5.62. The Labute approximate surface area is 122 Å². The lowest BCUT2D eigenvalue weighted by atomic mass is 10.3. The molecule has 0 saturated carbocycles. The highest BCUT2D eigenvalue weighted by Crippen LogP contribution is 2.21. The molecular weight excluding hydrogens is 287 g/mol. The minimum absolute atomic E-state index is 0.365. The van der Waals surface area contributed by atoms with Crippen molar-refractivity contribution in [1.82, 2.24) is 9.55 Å². The fourth-order valence-electron chi connectivity index (χ4n) is 1.90. The number of aromatic nitrogens is 2. The Morgan fingerprint density at radius 1 is 1.26 bits per heavy atom. The molecule has 0 atom stereocenters. The predicted molar refractivity (Wildman–Crippen MR) is 77.0 cm³/mol. The van der Waals surface area contributed by atoms with Gasteiger partial charge in [-0.25, -0.2) is 4.98 Å². The molecule has 4 nitrogen and oxygen atoms in total. The second-order valence-electron chi connectivity index (χ2n) is 4.05. The highest BCUT2D eigenvalue weighted by Gasteiger charge is 2.10. The van der Waals surface area contributed by atoms with Gasteiger partial charge in [0.15, 0.2) is 0 Å². The molecule has 1 heterocycles.